The molecule has 3 heteroatoms. The molecule has 1 rings (SSSR count). The van der Waals surface area contributed by atoms with Gasteiger partial charge in [-0.1, -0.05) is 129 Å². The smallest absolute Gasteiger partial charge is 0.243 e. The zero-order valence-electron chi connectivity index (χ0n) is 22.0. The summed E-state index contributed by atoms with van der Waals surface area (Å²) in [5.41, 5.74) is 0. The van der Waals surface area contributed by atoms with Gasteiger partial charge in [-0.15, -0.1) is 0 Å². The Kier molecular flexibility index (Phi) is 25.1. The van der Waals surface area contributed by atoms with E-state index >= 15 is 0 Å². The van der Waals surface area contributed by atoms with E-state index in [9.17, 15) is 0 Å². The average Bonchev–Trinajstić information content (AvgIpc) is 3.23. The van der Waals surface area contributed by atoms with Crippen molar-refractivity contribution in [2.75, 3.05) is 0 Å². The van der Waals surface area contributed by atoms with Gasteiger partial charge in [-0.25, -0.2) is 9.13 Å². The predicted octanol–water partition coefficient (Wildman–Crippen LogP) is 6.40. The van der Waals surface area contributed by atoms with E-state index < -0.39 is 0 Å². The lowest BCUT2D eigenvalue weighted by molar-refractivity contribution is -0.696. The van der Waals surface area contributed by atoms with Crippen molar-refractivity contribution in [2.24, 2.45) is 0 Å². The van der Waals surface area contributed by atoms with Gasteiger partial charge in [0.25, 0.3) is 0 Å². The molecule has 0 amide bonds. The number of halogens is 1. The third kappa shape index (κ3) is 20.3. The van der Waals surface area contributed by atoms with Gasteiger partial charge < -0.3 is 17.0 Å². The van der Waals surface area contributed by atoms with Crippen LogP contribution < -0.4 is 21.5 Å². The number of imidazole rings is 1. The highest BCUT2D eigenvalue weighted by molar-refractivity contribution is 4.66. The minimum Gasteiger partial charge on any atom is -1.00 e. The first-order chi connectivity index (χ1) is 15.4. The summed E-state index contributed by atoms with van der Waals surface area (Å²) in [6.07, 6.45) is 38.2. The van der Waals surface area contributed by atoms with Crippen LogP contribution in [-0.2, 0) is 13.1 Å². The maximum atomic E-state index is 2.40. The summed E-state index contributed by atoms with van der Waals surface area (Å²) in [6, 6.07) is 0. The zero-order chi connectivity index (χ0) is 22.2. The second-order valence-electron chi connectivity index (χ2n) is 9.96. The molecule has 0 atom stereocenters. The number of hydrogen-bond donors (Lipinski definition) is 0. The molecular weight excluding hydrogens is 456 g/mol. The van der Waals surface area contributed by atoms with Crippen molar-refractivity contribution in [3.05, 3.63) is 18.7 Å². The molecule has 0 spiro atoms. The highest BCUT2D eigenvalue weighted by Crippen LogP contribution is 2.12. The molecule has 0 aromatic carbocycles. The molecule has 0 N–H and O–H groups in total. The van der Waals surface area contributed by atoms with E-state index in [0.717, 1.165) is 0 Å². The topological polar surface area (TPSA) is 8.81 Å². The van der Waals surface area contributed by atoms with Gasteiger partial charge in [0.1, 0.15) is 12.4 Å². The lowest BCUT2D eigenvalue weighted by Gasteiger charge is -2.02. The van der Waals surface area contributed by atoms with E-state index in [0.29, 0.717) is 0 Å². The van der Waals surface area contributed by atoms with Crippen LogP contribution in [-0.4, -0.2) is 4.57 Å². The van der Waals surface area contributed by atoms with Crippen molar-refractivity contribution in [1.82, 2.24) is 4.57 Å². The summed E-state index contributed by atoms with van der Waals surface area (Å²) in [7, 11) is 0. The standard InChI is InChI=1S/C29H57N2.BrH/c1-3-5-7-9-11-13-15-17-19-21-23-25-30-27-28-31(29-30)26-24-22-20-18-16-14-12-10-8-6-4-2;/h27-29H,3-26H2,1-2H3;1H/q+1;/p-1. The first kappa shape index (κ1) is 31.7. The monoisotopic (exact) mass is 512 g/mol. The third-order valence-corrected chi connectivity index (χ3v) is 6.79. The maximum Gasteiger partial charge on any atom is 0.243 e. The highest BCUT2D eigenvalue weighted by Gasteiger charge is 2.03. The van der Waals surface area contributed by atoms with Crippen LogP contribution in [0.5, 0.6) is 0 Å². The van der Waals surface area contributed by atoms with E-state index in [1.54, 1.807) is 0 Å². The fourth-order valence-corrected chi connectivity index (χ4v) is 4.62. The molecule has 1 aromatic rings. The van der Waals surface area contributed by atoms with Crippen molar-refractivity contribution >= 4 is 0 Å². The zero-order valence-corrected chi connectivity index (χ0v) is 23.6. The Balaban J connectivity index is 0.00000961. The largest absolute Gasteiger partial charge is 1.00 e. The second-order valence-corrected chi connectivity index (χ2v) is 9.96. The third-order valence-electron chi connectivity index (χ3n) is 6.79. The SMILES string of the molecule is CCCCCCCCCCCCCn1cc[n+](CCCCCCCCCCCCC)c1.[Br-]. The number of nitrogens with zero attached hydrogens (tertiary/aromatic N) is 2. The van der Waals surface area contributed by atoms with Crippen molar-refractivity contribution in [1.29, 1.82) is 0 Å². The summed E-state index contributed by atoms with van der Waals surface area (Å²) in [5.74, 6) is 0. The van der Waals surface area contributed by atoms with E-state index in [2.05, 4.69) is 41.7 Å². The molecule has 0 aliphatic carbocycles. The molecule has 0 fully saturated rings. The van der Waals surface area contributed by atoms with E-state index in [-0.39, 0.29) is 17.0 Å². The number of rotatable bonds is 24. The van der Waals surface area contributed by atoms with Gasteiger partial charge in [-0.3, -0.25) is 0 Å². The number of unbranched alkanes of at least 4 members (excludes halogenated alkanes) is 20. The Hall–Kier alpha value is -0.310. The van der Waals surface area contributed by atoms with Crippen molar-refractivity contribution in [3.63, 3.8) is 0 Å². The quantitative estimate of drug-likeness (QED) is 0.112. The lowest BCUT2D eigenvalue weighted by atomic mass is 10.1. The van der Waals surface area contributed by atoms with E-state index in [1.165, 1.54) is 154 Å². The summed E-state index contributed by atoms with van der Waals surface area (Å²) in [4.78, 5) is 0. The molecule has 1 aromatic heterocycles. The summed E-state index contributed by atoms with van der Waals surface area (Å²) < 4.78 is 4.79. The average molecular weight is 514 g/mol. The first-order valence-electron chi connectivity index (χ1n) is 14.4. The molecule has 0 radical (unpaired) electrons. The fourth-order valence-electron chi connectivity index (χ4n) is 4.62. The Morgan fingerprint density at radius 3 is 1.31 bits per heavy atom. The Morgan fingerprint density at radius 2 is 0.875 bits per heavy atom. The molecule has 0 saturated heterocycles. The van der Waals surface area contributed by atoms with Gasteiger partial charge in [-0.2, -0.15) is 0 Å². The molecule has 1 heterocycles. The Labute approximate surface area is 212 Å². The lowest BCUT2D eigenvalue weighted by Crippen LogP contribution is -3.00. The Bertz CT molecular complexity index is 431. The van der Waals surface area contributed by atoms with Gasteiger partial charge in [0.15, 0.2) is 0 Å². The molecule has 2 nitrogen and oxygen atoms in total. The van der Waals surface area contributed by atoms with Crippen LogP contribution in [0.3, 0.4) is 0 Å². The van der Waals surface area contributed by atoms with Gasteiger partial charge in [-0.05, 0) is 25.7 Å². The Morgan fingerprint density at radius 1 is 0.500 bits per heavy atom. The molecule has 32 heavy (non-hydrogen) atoms. The minimum atomic E-state index is 0. The molecule has 0 saturated carbocycles. The number of aromatic nitrogens is 2. The van der Waals surface area contributed by atoms with Crippen LogP contribution in [0.25, 0.3) is 0 Å². The summed E-state index contributed by atoms with van der Waals surface area (Å²) >= 11 is 0. The van der Waals surface area contributed by atoms with Crippen molar-refractivity contribution < 1.29 is 21.5 Å². The fraction of sp³-hybridized carbons (Fsp3) is 0.897. The molecule has 0 aliphatic rings. The molecule has 190 valence electrons. The second kappa shape index (κ2) is 25.3. The van der Waals surface area contributed by atoms with Crippen molar-refractivity contribution in [2.45, 2.75) is 168 Å². The highest BCUT2D eigenvalue weighted by atomic mass is 79.9. The van der Waals surface area contributed by atoms with Crippen LogP contribution in [0, 0.1) is 0 Å². The molecule has 0 bridgehead atoms. The van der Waals surface area contributed by atoms with E-state index in [1.807, 2.05) is 0 Å². The van der Waals surface area contributed by atoms with Crippen LogP contribution in [0.15, 0.2) is 18.7 Å². The van der Waals surface area contributed by atoms with Gasteiger partial charge in [0, 0.05) is 0 Å². The molecular formula is C29H57BrN2. The van der Waals surface area contributed by atoms with E-state index in [4.69, 9.17) is 0 Å². The summed E-state index contributed by atoms with van der Waals surface area (Å²) in [6.45, 7) is 6.99. The number of hydrogen-bond acceptors (Lipinski definition) is 0. The van der Waals surface area contributed by atoms with Crippen LogP contribution in [0.4, 0.5) is 0 Å². The predicted molar refractivity (Wildman–Crippen MR) is 138 cm³/mol. The summed E-state index contributed by atoms with van der Waals surface area (Å²) in [5, 5.41) is 0. The van der Waals surface area contributed by atoms with Crippen LogP contribution >= 0.6 is 0 Å². The van der Waals surface area contributed by atoms with Gasteiger partial charge in [0.2, 0.25) is 6.33 Å². The van der Waals surface area contributed by atoms with Crippen LogP contribution in [0.1, 0.15) is 155 Å². The van der Waals surface area contributed by atoms with Crippen molar-refractivity contribution in [3.8, 4) is 0 Å². The van der Waals surface area contributed by atoms with Gasteiger partial charge in [0.05, 0.1) is 13.1 Å². The minimum absolute atomic E-state index is 0. The van der Waals surface area contributed by atoms with Gasteiger partial charge >= 0.3 is 0 Å². The molecule has 0 aliphatic heterocycles. The normalized spacial score (nSPS) is 11.1. The maximum absolute atomic E-state index is 2.40. The van der Waals surface area contributed by atoms with Crippen LogP contribution in [0.2, 0.25) is 0 Å². The molecule has 0 unspecified atom stereocenters. The number of aryl methyl sites for hydroxylation is 2. The first-order valence-corrected chi connectivity index (χ1v) is 14.4.